The zero-order valence-electron chi connectivity index (χ0n) is 12.3. The molecule has 3 atom stereocenters. The lowest BCUT2D eigenvalue weighted by molar-refractivity contribution is 0.203. The minimum atomic E-state index is 0.0330. The van der Waals surface area contributed by atoms with Gasteiger partial charge < -0.3 is 10.6 Å². The Hall–Kier alpha value is -0.770. The molecular formula is C16H24ClN3. The minimum absolute atomic E-state index is 0.0330. The molecule has 2 N–H and O–H groups in total. The molecule has 0 spiro atoms. The van der Waals surface area contributed by atoms with Crippen LogP contribution in [0.1, 0.15) is 38.3 Å². The highest BCUT2D eigenvalue weighted by Gasteiger charge is 2.34. The smallest absolute Gasteiger partial charge is 0.0643 e. The summed E-state index contributed by atoms with van der Waals surface area (Å²) in [5.41, 5.74) is 8.19. The number of halogens is 1. The maximum Gasteiger partial charge on any atom is 0.0643 e. The highest BCUT2D eigenvalue weighted by Crippen LogP contribution is 2.34. The van der Waals surface area contributed by atoms with Crippen molar-refractivity contribution in [2.75, 3.05) is 24.5 Å². The van der Waals surface area contributed by atoms with E-state index in [1.165, 1.54) is 19.4 Å². The fourth-order valence-electron chi connectivity index (χ4n) is 3.56. The highest BCUT2D eigenvalue weighted by molar-refractivity contribution is 6.33. The summed E-state index contributed by atoms with van der Waals surface area (Å²) in [6.45, 7) is 7.80. The van der Waals surface area contributed by atoms with E-state index in [2.05, 4.69) is 28.9 Å². The van der Waals surface area contributed by atoms with Crippen molar-refractivity contribution in [2.24, 2.45) is 5.73 Å². The molecule has 2 unspecified atom stereocenters. The van der Waals surface area contributed by atoms with E-state index in [9.17, 15) is 0 Å². The van der Waals surface area contributed by atoms with Crippen LogP contribution in [0.2, 0.25) is 5.02 Å². The molecule has 2 saturated heterocycles. The van der Waals surface area contributed by atoms with E-state index in [0.717, 1.165) is 29.4 Å². The van der Waals surface area contributed by atoms with Gasteiger partial charge in [-0.25, -0.2) is 0 Å². The number of benzene rings is 1. The largest absolute Gasteiger partial charge is 0.365 e. The Balaban J connectivity index is 1.84. The number of rotatable bonds is 2. The van der Waals surface area contributed by atoms with Gasteiger partial charge >= 0.3 is 0 Å². The van der Waals surface area contributed by atoms with Gasteiger partial charge in [0, 0.05) is 31.2 Å². The maximum atomic E-state index is 6.50. The van der Waals surface area contributed by atoms with Gasteiger partial charge in [0.25, 0.3) is 0 Å². The van der Waals surface area contributed by atoms with Crippen molar-refractivity contribution in [3.05, 3.63) is 28.8 Å². The van der Waals surface area contributed by atoms with Gasteiger partial charge in [-0.2, -0.15) is 0 Å². The number of hydrogen-bond donors (Lipinski definition) is 1. The lowest BCUT2D eigenvalue weighted by Gasteiger charge is -2.44. The Bertz CT molecular complexity index is 489. The standard InChI is InChI=1S/C16H24ClN3/c1-11-9-19-7-3-4-14(19)10-20(11)16-6-5-13(12(2)18)8-15(16)17/h5-6,8,11-12,14H,3-4,7,9-10,18H2,1-2H3/t11?,12-,14?/m0/s1. The van der Waals surface area contributed by atoms with Crippen molar-refractivity contribution >= 4 is 17.3 Å². The second-order valence-corrected chi connectivity index (χ2v) is 6.70. The zero-order chi connectivity index (χ0) is 14.3. The average molecular weight is 294 g/mol. The van der Waals surface area contributed by atoms with E-state index >= 15 is 0 Å². The molecule has 2 fully saturated rings. The molecule has 0 aromatic heterocycles. The van der Waals surface area contributed by atoms with Crippen molar-refractivity contribution in [2.45, 2.75) is 44.8 Å². The van der Waals surface area contributed by atoms with Gasteiger partial charge in [-0.3, -0.25) is 4.90 Å². The van der Waals surface area contributed by atoms with Crippen molar-refractivity contribution < 1.29 is 0 Å². The van der Waals surface area contributed by atoms with E-state index in [1.54, 1.807) is 0 Å². The fraction of sp³-hybridized carbons (Fsp3) is 0.625. The summed E-state index contributed by atoms with van der Waals surface area (Å²) in [4.78, 5) is 5.10. The predicted molar refractivity (Wildman–Crippen MR) is 85.5 cm³/mol. The molecule has 20 heavy (non-hydrogen) atoms. The average Bonchev–Trinajstić information content (AvgIpc) is 2.84. The van der Waals surface area contributed by atoms with E-state index in [1.807, 2.05) is 13.0 Å². The van der Waals surface area contributed by atoms with Gasteiger partial charge in [0.2, 0.25) is 0 Å². The van der Waals surface area contributed by atoms with E-state index in [-0.39, 0.29) is 6.04 Å². The Kier molecular flexibility index (Phi) is 3.93. The van der Waals surface area contributed by atoms with Crippen LogP contribution in [-0.4, -0.2) is 36.6 Å². The number of piperazine rings is 1. The topological polar surface area (TPSA) is 32.5 Å². The maximum absolute atomic E-state index is 6.50. The molecule has 3 nitrogen and oxygen atoms in total. The van der Waals surface area contributed by atoms with Crippen LogP contribution in [-0.2, 0) is 0 Å². The first-order valence-electron chi connectivity index (χ1n) is 7.62. The Labute approximate surface area is 126 Å². The molecule has 4 heteroatoms. The first kappa shape index (κ1) is 14.2. The van der Waals surface area contributed by atoms with Gasteiger partial charge in [-0.15, -0.1) is 0 Å². The Morgan fingerprint density at radius 1 is 1.35 bits per heavy atom. The summed E-state index contributed by atoms with van der Waals surface area (Å²) in [5, 5.41) is 0.832. The summed E-state index contributed by atoms with van der Waals surface area (Å²) in [6.07, 6.45) is 2.65. The molecule has 0 aliphatic carbocycles. The van der Waals surface area contributed by atoms with Crippen LogP contribution in [0.4, 0.5) is 5.69 Å². The van der Waals surface area contributed by atoms with Crippen molar-refractivity contribution in [1.29, 1.82) is 0 Å². The SMILES string of the molecule is CC1CN2CCCC2CN1c1ccc([C@H](C)N)cc1Cl. The van der Waals surface area contributed by atoms with Gasteiger partial charge in [-0.1, -0.05) is 17.7 Å². The molecule has 3 rings (SSSR count). The Morgan fingerprint density at radius 3 is 2.85 bits per heavy atom. The van der Waals surface area contributed by atoms with Gasteiger partial charge in [0.15, 0.2) is 0 Å². The molecule has 0 saturated carbocycles. The van der Waals surface area contributed by atoms with Gasteiger partial charge in [-0.05, 0) is 50.9 Å². The summed E-state index contributed by atoms with van der Waals surface area (Å²) in [6, 6.07) is 7.53. The van der Waals surface area contributed by atoms with Crippen LogP contribution in [0.15, 0.2) is 18.2 Å². The van der Waals surface area contributed by atoms with Crippen molar-refractivity contribution in [3.8, 4) is 0 Å². The Morgan fingerprint density at radius 2 is 2.15 bits per heavy atom. The lowest BCUT2D eigenvalue weighted by Crippen LogP contribution is -2.55. The van der Waals surface area contributed by atoms with Gasteiger partial charge in [0.05, 0.1) is 10.7 Å². The molecular weight excluding hydrogens is 270 g/mol. The zero-order valence-corrected chi connectivity index (χ0v) is 13.1. The fourth-order valence-corrected chi connectivity index (χ4v) is 3.86. The molecule has 2 aliphatic heterocycles. The van der Waals surface area contributed by atoms with Crippen LogP contribution in [0.25, 0.3) is 0 Å². The molecule has 110 valence electrons. The number of nitrogens with zero attached hydrogens (tertiary/aromatic N) is 2. The third-order valence-electron chi connectivity index (χ3n) is 4.74. The summed E-state index contributed by atoms with van der Waals surface area (Å²) in [5.74, 6) is 0. The van der Waals surface area contributed by atoms with Crippen molar-refractivity contribution in [3.63, 3.8) is 0 Å². The molecule has 1 aromatic rings. The van der Waals surface area contributed by atoms with Crippen LogP contribution in [0, 0.1) is 0 Å². The quantitative estimate of drug-likeness (QED) is 0.910. The van der Waals surface area contributed by atoms with Crippen LogP contribution in [0.3, 0.4) is 0 Å². The summed E-state index contributed by atoms with van der Waals surface area (Å²) in [7, 11) is 0. The molecule has 2 aliphatic rings. The third kappa shape index (κ3) is 2.54. The summed E-state index contributed by atoms with van der Waals surface area (Å²) < 4.78 is 0. The monoisotopic (exact) mass is 293 g/mol. The molecule has 2 heterocycles. The second-order valence-electron chi connectivity index (χ2n) is 6.29. The number of hydrogen-bond acceptors (Lipinski definition) is 3. The molecule has 0 bridgehead atoms. The van der Waals surface area contributed by atoms with Crippen LogP contribution in [0.5, 0.6) is 0 Å². The molecule has 1 aromatic carbocycles. The van der Waals surface area contributed by atoms with Crippen LogP contribution >= 0.6 is 11.6 Å². The predicted octanol–water partition coefficient (Wildman–Crippen LogP) is 3.03. The van der Waals surface area contributed by atoms with Gasteiger partial charge in [0.1, 0.15) is 0 Å². The normalized spacial score (nSPS) is 28.5. The summed E-state index contributed by atoms with van der Waals surface area (Å²) >= 11 is 6.50. The first-order chi connectivity index (χ1) is 9.56. The lowest BCUT2D eigenvalue weighted by atomic mass is 10.0. The van der Waals surface area contributed by atoms with Crippen molar-refractivity contribution in [1.82, 2.24) is 4.90 Å². The van der Waals surface area contributed by atoms with E-state index < -0.39 is 0 Å². The highest BCUT2D eigenvalue weighted by atomic mass is 35.5. The minimum Gasteiger partial charge on any atom is -0.365 e. The second kappa shape index (κ2) is 5.55. The van der Waals surface area contributed by atoms with Crippen LogP contribution < -0.4 is 10.6 Å². The van der Waals surface area contributed by atoms with E-state index in [0.29, 0.717) is 12.1 Å². The number of nitrogens with two attached hydrogens (primary N) is 1. The molecule has 0 amide bonds. The number of anilines is 1. The number of fused-ring (bicyclic) bond motifs is 1. The van der Waals surface area contributed by atoms with E-state index in [4.69, 9.17) is 17.3 Å². The molecule has 0 radical (unpaired) electrons. The first-order valence-corrected chi connectivity index (χ1v) is 8.00. The third-order valence-corrected chi connectivity index (χ3v) is 5.05.